The molecule has 0 saturated heterocycles. The number of likely N-dealkylation sites (N-methyl/N-ethyl adjacent to an activating group) is 1. The lowest BCUT2D eigenvalue weighted by Crippen LogP contribution is -2.32. The summed E-state index contributed by atoms with van der Waals surface area (Å²) in [4.78, 5) is 2.14. The van der Waals surface area contributed by atoms with Crippen LogP contribution in [0.2, 0.25) is 0 Å². The topological polar surface area (TPSA) is 23.5 Å². The van der Waals surface area contributed by atoms with Gasteiger partial charge in [-0.3, -0.25) is 0 Å². The average molecular weight is 271 g/mol. The van der Waals surface area contributed by atoms with Crippen LogP contribution in [0, 0.1) is 5.92 Å². The minimum Gasteiger partial charge on any atom is -0.392 e. The van der Waals surface area contributed by atoms with Crippen LogP contribution in [0.1, 0.15) is 25.3 Å². The second kappa shape index (κ2) is 6.38. The van der Waals surface area contributed by atoms with Gasteiger partial charge in [-0.05, 0) is 36.3 Å². The van der Waals surface area contributed by atoms with Gasteiger partial charge in [-0.25, -0.2) is 0 Å². The Morgan fingerprint density at radius 3 is 2.25 bits per heavy atom. The Hall–Kier alpha value is -1.38. The van der Waals surface area contributed by atoms with Crippen LogP contribution in [0.3, 0.4) is 0 Å². The number of rotatable bonds is 5. The van der Waals surface area contributed by atoms with Crippen LogP contribution in [0.4, 0.5) is 0 Å². The van der Waals surface area contributed by atoms with Crippen LogP contribution in [0.5, 0.6) is 0 Å². The van der Waals surface area contributed by atoms with Crippen molar-refractivity contribution in [2.45, 2.75) is 25.9 Å². The van der Waals surface area contributed by atoms with Gasteiger partial charge in [0.15, 0.2) is 0 Å². The molecule has 2 aromatic rings. The number of aliphatic hydroxyl groups is 1. The third-order valence-corrected chi connectivity index (χ3v) is 3.86. The predicted molar refractivity (Wildman–Crippen MR) is 86.1 cm³/mol. The molecule has 0 bridgehead atoms. The molecule has 0 aliphatic carbocycles. The van der Waals surface area contributed by atoms with E-state index in [4.69, 9.17) is 0 Å². The summed E-state index contributed by atoms with van der Waals surface area (Å²) in [6.07, 6.45) is -0.321. The van der Waals surface area contributed by atoms with Gasteiger partial charge in [0.25, 0.3) is 0 Å². The second-order valence-electron chi connectivity index (χ2n) is 6.21. The molecule has 0 heterocycles. The van der Waals surface area contributed by atoms with Gasteiger partial charge in [0.2, 0.25) is 0 Å². The van der Waals surface area contributed by atoms with E-state index >= 15 is 0 Å². The molecule has 0 radical (unpaired) electrons. The first kappa shape index (κ1) is 15.0. The normalized spacial score (nSPS) is 14.9. The van der Waals surface area contributed by atoms with E-state index in [9.17, 15) is 5.11 Å². The highest BCUT2D eigenvalue weighted by molar-refractivity contribution is 5.83. The molecule has 2 aromatic carbocycles. The first-order chi connectivity index (χ1) is 9.49. The van der Waals surface area contributed by atoms with Crippen molar-refractivity contribution in [1.29, 1.82) is 0 Å². The molecule has 0 aromatic heterocycles. The lowest BCUT2D eigenvalue weighted by Gasteiger charge is -2.29. The third kappa shape index (κ3) is 3.38. The standard InChI is InChI=1S/C18H25NO/c1-13(2)18(20)17(12-19(3)4)16-10-9-14-7-5-6-8-15(14)11-16/h5-11,13,17-18,20H,12H2,1-4H3/t17-,18+/m0/s1. The smallest absolute Gasteiger partial charge is 0.0643 e. The summed E-state index contributed by atoms with van der Waals surface area (Å²) >= 11 is 0. The quantitative estimate of drug-likeness (QED) is 0.899. The number of hydrogen-bond acceptors (Lipinski definition) is 2. The summed E-state index contributed by atoms with van der Waals surface area (Å²) in [5.74, 6) is 0.404. The maximum atomic E-state index is 10.5. The summed E-state index contributed by atoms with van der Waals surface area (Å²) < 4.78 is 0. The minimum absolute atomic E-state index is 0.148. The number of nitrogens with zero attached hydrogens (tertiary/aromatic N) is 1. The minimum atomic E-state index is -0.321. The maximum absolute atomic E-state index is 10.5. The van der Waals surface area contributed by atoms with E-state index in [1.165, 1.54) is 16.3 Å². The molecular weight excluding hydrogens is 246 g/mol. The van der Waals surface area contributed by atoms with Gasteiger partial charge in [-0.1, -0.05) is 56.3 Å². The fourth-order valence-corrected chi connectivity index (χ4v) is 2.71. The monoisotopic (exact) mass is 271 g/mol. The number of benzene rings is 2. The Morgan fingerprint density at radius 1 is 1.00 bits per heavy atom. The van der Waals surface area contributed by atoms with Crippen LogP contribution >= 0.6 is 0 Å². The Morgan fingerprint density at radius 2 is 1.65 bits per heavy atom. The van der Waals surface area contributed by atoms with E-state index in [-0.39, 0.29) is 17.9 Å². The van der Waals surface area contributed by atoms with Crippen LogP contribution in [0.15, 0.2) is 42.5 Å². The van der Waals surface area contributed by atoms with E-state index in [1.807, 2.05) is 0 Å². The highest BCUT2D eigenvalue weighted by Gasteiger charge is 2.24. The highest BCUT2D eigenvalue weighted by Crippen LogP contribution is 2.28. The van der Waals surface area contributed by atoms with E-state index in [1.54, 1.807) is 0 Å². The first-order valence-electron chi connectivity index (χ1n) is 7.30. The summed E-state index contributed by atoms with van der Waals surface area (Å²) in [7, 11) is 4.11. The van der Waals surface area contributed by atoms with Crippen LogP contribution in [-0.4, -0.2) is 36.8 Å². The summed E-state index contributed by atoms with van der Waals surface area (Å²) in [5, 5.41) is 13.0. The maximum Gasteiger partial charge on any atom is 0.0643 e. The van der Waals surface area contributed by atoms with Gasteiger partial charge in [0.1, 0.15) is 0 Å². The van der Waals surface area contributed by atoms with Gasteiger partial charge >= 0.3 is 0 Å². The van der Waals surface area contributed by atoms with Crippen LogP contribution < -0.4 is 0 Å². The Labute approximate surface area is 122 Å². The summed E-state index contributed by atoms with van der Waals surface area (Å²) in [5.41, 5.74) is 1.22. The van der Waals surface area contributed by atoms with Crippen molar-refractivity contribution in [3.05, 3.63) is 48.0 Å². The van der Waals surface area contributed by atoms with Crippen molar-refractivity contribution in [3.63, 3.8) is 0 Å². The molecule has 108 valence electrons. The Bertz CT molecular complexity index is 562. The number of hydrogen-bond donors (Lipinski definition) is 1. The molecule has 0 spiro atoms. The third-order valence-electron chi connectivity index (χ3n) is 3.86. The molecule has 0 saturated carbocycles. The van der Waals surface area contributed by atoms with Gasteiger partial charge in [0, 0.05) is 12.5 Å². The lowest BCUT2D eigenvalue weighted by atomic mass is 9.86. The van der Waals surface area contributed by atoms with Crippen molar-refractivity contribution in [2.24, 2.45) is 5.92 Å². The zero-order chi connectivity index (χ0) is 14.7. The summed E-state index contributed by atoms with van der Waals surface area (Å²) in [6, 6.07) is 14.9. The molecule has 0 aliphatic rings. The van der Waals surface area contributed by atoms with E-state index in [0.29, 0.717) is 0 Å². The number of aliphatic hydroxyl groups excluding tert-OH is 1. The molecule has 0 unspecified atom stereocenters. The second-order valence-corrected chi connectivity index (χ2v) is 6.21. The molecule has 2 rings (SSSR count). The zero-order valence-electron chi connectivity index (χ0n) is 12.9. The Balaban J connectivity index is 2.39. The number of fused-ring (bicyclic) bond motifs is 1. The first-order valence-corrected chi connectivity index (χ1v) is 7.30. The lowest BCUT2D eigenvalue weighted by molar-refractivity contribution is 0.0848. The predicted octanol–water partition coefficient (Wildman–Crippen LogP) is 3.50. The molecule has 1 N–H and O–H groups in total. The van der Waals surface area contributed by atoms with Crippen LogP contribution in [-0.2, 0) is 0 Å². The fourth-order valence-electron chi connectivity index (χ4n) is 2.71. The average Bonchev–Trinajstić information content (AvgIpc) is 2.43. The van der Waals surface area contributed by atoms with Crippen molar-refractivity contribution < 1.29 is 5.11 Å². The van der Waals surface area contributed by atoms with E-state index < -0.39 is 0 Å². The molecule has 0 fully saturated rings. The van der Waals surface area contributed by atoms with Gasteiger partial charge in [-0.15, -0.1) is 0 Å². The molecule has 20 heavy (non-hydrogen) atoms. The Kier molecular flexibility index (Phi) is 4.79. The summed E-state index contributed by atoms with van der Waals surface area (Å²) in [6.45, 7) is 5.01. The van der Waals surface area contributed by atoms with E-state index in [0.717, 1.165) is 6.54 Å². The SMILES string of the molecule is CC(C)[C@@H](O)[C@@H](CN(C)C)c1ccc2ccccc2c1. The molecule has 2 nitrogen and oxygen atoms in total. The van der Waals surface area contributed by atoms with Crippen molar-refractivity contribution in [2.75, 3.05) is 20.6 Å². The molecule has 0 amide bonds. The van der Waals surface area contributed by atoms with Crippen molar-refractivity contribution in [1.82, 2.24) is 4.90 Å². The largest absolute Gasteiger partial charge is 0.392 e. The van der Waals surface area contributed by atoms with E-state index in [2.05, 4.69) is 75.3 Å². The van der Waals surface area contributed by atoms with Gasteiger partial charge in [0.05, 0.1) is 6.10 Å². The van der Waals surface area contributed by atoms with Gasteiger partial charge in [-0.2, -0.15) is 0 Å². The van der Waals surface area contributed by atoms with Crippen molar-refractivity contribution >= 4 is 10.8 Å². The highest BCUT2D eigenvalue weighted by atomic mass is 16.3. The fraction of sp³-hybridized carbons (Fsp3) is 0.444. The van der Waals surface area contributed by atoms with Crippen LogP contribution in [0.25, 0.3) is 10.8 Å². The zero-order valence-corrected chi connectivity index (χ0v) is 12.9. The molecule has 2 heteroatoms. The molecule has 0 aliphatic heterocycles. The molecular formula is C18H25NO. The van der Waals surface area contributed by atoms with Gasteiger partial charge < -0.3 is 10.0 Å². The molecule has 2 atom stereocenters. The van der Waals surface area contributed by atoms with Crippen molar-refractivity contribution in [3.8, 4) is 0 Å².